The summed E-state index contributed by atoms with van der Waals surface area (Å²) in [5.74, 6) is 0.282. The van der Waals surface area contributed by atoms with Crippen LogP contribution in [0.25, 0.3) is 0 Å². The number of nitrogens with zero attached hydrogens (tertiary/aromatic N) is 2. The Morgan fingerprint density at radius 2 is 2.55 bits per heavy atom. The molecule has 2 rings (SSSR count). The summed E-state index contributed by atoms with van der Waals surface area (Å²) in [4.78, 5) is 2.33. The van der Waals surface area contributed by atoms with Gasteiger partial charge in [0.15, 0.2) is 0 Å². The largest absolute Gasteiger partial charge is 0.375 e. The third-order valence-electron chi connectivity index (χ3n) is 2.82. The normalized spacial score (nSPS) is 34.9. The van der Waals surface area contributed by atoms with Gasteiger partial charge >= 0.3 is 0 Å². The summed E-state index contributed by atoms with van der Waals surface area (Å²) in [6.07, 6.45) is 5.47. The molecule has 2 atom stereocenters. The van der Waals surface area contributed by atoms with Crippen LogP contribution in [0.15, 0.2) is 11.8 Å². The van der Waals surface area contributed by atoms with E-state index in [9.17, 15) is 0 Å². The Morgan fingerprint density at radius 3 is 3.18 bits per heavy atom. The highest BCUT2D eigenvalue weighted by Crippen LogP contribution is 2.35. The van der Waals surface area contributed by atoms with Gasteiger partial charge in [-0.25, -0.2) is 0 Å². The summed E-state index contributed by atoms with van der Waals surface area (Å²) in [5.41, 5.74) is 1.38. The summed E-state index contributed by atoms with van der Waals surface area (Å²) in [5, 5.41) is 8.74. The lowest BCUT2D eigenvalue weighted by Gasteiger charge is -2.32. The van der Waals surface area contributed by atoms with E-state index in [1.54, 1.807) is 0 Å². The quantitative estimate of drug-likeness (QED) is 0.520. The number of allylic oxidation sites excluding steroid dienone is 1. The van der Waals surface area contributed by atoms with Gasteiger partial charge in [0.1, 0.15) is 0 Å². The first-order valence-corrected chi connectivity index (χ1v) is 4.12. The van der Waals surface area contributed by atoms with Crippen LogP contribution in [0.5, 0.6) is 0 Å². The molecular weight excluding hydrogens is 136 g/mol. The Bertz CT molecular complexity index is 236. The van der Waals surface area contributed by atoms with Gasteiger partial charge in [-0.2, -0.15) is 5.26 Å². The first kappa shape index (κ1) is 6.72. The van der Waals surface area contributed by atoms with Crippen LogP contribution < -0.4 is 0 Å². The molecule has 0 N–H and O–H groups in total. The van der Waals surface area contributed by atoms with E-state index in [1.165, 1.54) is 5.70 Å². The molecular formula is C9H12N2. The number of rotatable bonds is 0. The van der Waals surface area contributed by atoms with Crippen molar-refractivity contribution in [2.75, 3.05) is 7.05 Å². The SMILES string of the molecule is CN1C2=CCC1CC(C#N)C2. The van der Waals surface area contributed by atoms with Gasteiger partial charge in [0.25, 0.3) is 0 Å². The molecule has 58 valence electrons. The van der Waals surface area contributed by atoms with Crippen LogP contribution in [0, 0.1) is 17.2 Å². The smallest absolute Gasteiger partial charge is 0.0660 e. The van der Waals surface area contributed by atoms with Crippen molar-refractivity contribution in [3.8, 4) is 6.07 Å². The van der Waals surface area contributed by atoms with Crippen molar-refractivity contribution in [2.24, 2.45) is 5.92 Å². The molecule has 0 aromatic heterocycles. The van der Waals surface area contributed by atoms with Gasteiger partial charge in [0.05, 0.1) is 12.0 Å². The zero-order chi connectivity index (χ0) is 7.84. The minimum absolute atomic E-state index is 0.282. The second-order valence-electron chi connectivity index (χ2n) is 3.46. The molecule has 2 heterocycles. The van der Waals surface area contributed by atoms with Gasteiger partial charge in [0.2, 0.25) is 0 Å². The number of nitriles is 1. The standard InChI is InChI=1S/C9H12N2/c1-11-8-2-3-9(11)5-7(4-8)6-10/h2,7,9H,3-5H2,1H3. The van der Waals surface area contributed by atoms with Crippen LogP contribution in [0.3, 0.4) is 0 Å². The summed E-state index contributed by atoms with van der Waals surface area (Å²) >= 11 is 0. The van der Waals surface area contributed by atoms with Gasteiger partial charge in [-0.3, -0.25) is 0 Å². The third-order valence-corrected chi connectivity index (χ3v) is 2.82. The topological polar surface area (TPSA) is 27.0 Å². The van der Waals surface area contributed by atoms with Gasteiger partial charge in [0, 0.05) is 25.2 Å². The van der Waals surface area contributed by atoms with E-state index >= 15 is 0 Å². The Morgan fingerprint density at radius 1 is 1.73 bits per heavy atom. The summed E-state index contributed by atoms with van der Waals surface area (Å²) < 4.78 is 0. The maximum Gasteiger partial charge on any atom is 0.0660 e. The molecule has 2 aliphatic heterocycles. The highest BCUT2D eigenvalue weighted by atomic mass is 15.2. The Kier molecular flexibility index (Phi) is 1.38. The van der Waals surface area contributed by atoms with E-state index < -0.39 is 0 Å². The highest BCUT2D eigenvalue weighted by Gasteiger charge is 2.32. The van der Waals surface area contributed by atoms with Crippen LogP contribution in [0.4, 0.5) is 0 Å². The molecule has 2 bridgehead atoms. The maximum absolute atomic E-state index is 8.74. The number of fused-ring (bicyclic) bond motifs is 2. The molecule has 0 aromatic rings. The summed E-state index contributed by atoms with van der Waals surface area (Å²) in [6.45, 7) is 0. The maximum atomic E-state index is 8.74. The fraction of sp³-hybridized carbons (Fsp3) is 0.667. The molecule has 2 unspecified atom stereocenters. The second kappa shape index (κ2) is 2.27. The molecule has 2 aliphatic rings. The van der Waals surface area contributed by atoms with Crippen molar-refractivity contribution in [1.82, 2.24) is 4.90 Å². The van der Waals surface area contributed by atoms with Gasteiger partial charge in [-0.15, -0.1) is 0 Å². The van der Waals surface area contributed by atoms with E-state index in [4.69, 9.17) is 5.26 Å². The molecule has 0 spiro atoms. The molecule has 0 saturated carbocycles. The minimum Gasteiger partial charge on any atom is -0.375 e. The second-order valence-corrected chi connectivity index (χ2v) is 3.46. The summed E-state index contributed by atoms with van der Waals surface area (Å²) in [7, 11) is 2.14. The number of hydrogen-bond donors (Lipinski definition) is 0. The van der Waals surface area contributed by atoms with Crippen molar-refractivity contribution >= 4 is 0 Å². The average Bonchev–Trinajstić information content (AvgIpc) is 2.26. The molecule has 0 radical (unpaired) electrons. The monoisotopic (exact) mass is 148 g/mol. The fourth-order valence-electron chi connectivity index (χ4n) is 2.05. The van der Waals surface area contributed by atoms with Gasteiger partial charge in [-0.05, 0) is 12.8 Å². The van der Waals surface area contributed by atoms with E-state index in [0.29, 0.717) is 6.04 Å². The van der Waals surface area contributed by atoms with Crippen LogP contribution in [-0.2, 0) is 0 Å². The molecule has 2 nitrogen and oxygen atoms in total. The van der Waals surface area contributed by atoms with E-state index in [1.807, 2.05) is 0 Å². The van der Waals surface area contributed by atoms with E-state index in [0.717, 1.165) is 19.3 Å². The van der Waals surface area contributed by atoms with Gasteiger partial charge < -0.3 is 4.90 Å². The lowest BCUT2D eigenvalue weighted by Crippen LogP contribution is -2.33. The predicted octanol–water partition coefficient (Wildman–Crippen LogP) is 1.51. The van der Waals surface area contributed by atoms with Crippen molar-refractivity contribution in [2.45, 2.75) is 25.3 Å². The lowest BCUT2D eigenvalue weighted by molar-refractivity contribution is 0.241. The molecule has 2 heteroatoms. The molecule has 0 aliphatic carbocycles. The zero-order valence-corrected chi connectivity index (χ0v) is 6.75. The van der Waals surface area contributed by atoms with Crippen molar-refractivity contribution in [1.29, 1.82) is 5.26 Å². The first-order chi connectivity index (χ1) is 5.31. The lowest BCUT2D eigenvalue weighted by atomic mass is 9.93. The third kappa shape index (κ3) is 0.920. The molecule has 0 aromatic carbocycles. The first-order valence-electron chi connectivity index (χ1n) is 4.12. The zero-order valence-electron chi connectivity index (χ0n) is 6.75. The predicted molar refractivity (Wildman–Crippen MR) is 42.6 cm³/mol. The molecule has 0 amide bonds. The Hall–Kier alpha value is -0.970. The average molecular weight is 148 g/mol. The van der Waals surface area contributed by atoms with Crippen LogP contribution in [0.1, 0.15) is 19.3 Å². The highest BCUT2D eigenvalue weighted by molar-refractivity contribution is 5.17. The van der Waals surface area contributed by atoms with E-state index in [2.05, 4.69) is 24.1 Å². The van der Waals surface area contributed by atoms with Crippen LogP contribution in [-0.4, -0.2) is 18.0 Å². The summed E-state index contributed by atoms with van der Waals surface area (Å²) in [6, 6.07) is 2.99. The Labute approximate surface area is 67.1 Å². The van der Waals surface area contributed by atoms with Crippen LogP contribution >= 0.6 is 0 Å². The van der Waals surface area contributed by atoms with Crippen molar-refractivity contribution < 1.29 is 0 Å². The van der Waals surface area contributed by atoms with E-state index in [-0.39, 0.29) is 5.92 Å². The van der Waals surface area contributed by atoms with Gasteiger partial charge in [-0.1, -0.05) is 6.08 Å². The molecule has 1 fully saturated rings. The molecule has 1 saturated heterocycles. The fourth-order valence-corrected chi connectivity index (χ4v) is 2.05. The number of piperidine rings is 1. The Balaban J connectivity index is 2.17. The number of hydrogen-bond acceptors (Lipinski definition) is 2. The van der Waals surface area contributed by atoms with Crippen molar-refractivity contribution in [3.05, 3.63) is 11.8 Å². The molecule has 11 heavy (non-hydrogen) atoms. The van der Waals surface area contributed by atoms with Crippen molar-refractivity contribution in [3.63, 3.8) is 0 Å². The van der Waals surface area contributed by atoms with Crippen LogP contribution in [0.2, 0.25) is 0 Å². The minimum atomic E-state index is 0.282.